The summed E-state index contributed by atoms with van der Waals surface area (Å²) in [6.07, 6.45) is -8.44. The van der Waals surface area contributed by atoms with E-state index in [1.165, 1.54) is 37.5 Å². The third kappa shape index (κ3) is 3.97. The van der Waals surface area contributed by atoms with Gasteiger partial charge in [0.2, 0.25) is 11.4 Å². The number of benzene rings is 1. The third-order valence-corrected chi connectivity index (χ3v) is 4.30. The largest absolute Gasteiger partial charge is 0.451 e. The summed E-state index contributed by atoms with van der Waals surface area (Å²) in [7, 11) is 1.29. The molecule has 0 aliphatic carbocycles. The zero-order valence-electron chi connectivity index (χ0n) is 14.9. The molecule has 1 unspecified atom stereocenters. The summed E-state index contributed by atoms with van der Waals surface area (Å²) in [5, 5.41) is 13.0. The summed E-state index contributed by atoms with van der Waals surface area (Å²) in [6.45, 7) is -0.527. The average molecular weight is 419 g/mol. The van der Waals surface area contributed by atoms with Gasteiger partial charge in [-0.2, -0.15) is 26.3 Å². The molecule has 2 N–H and O–H groups in total. The van der Waals surface area contributed by atoms with Gasteiger partial charge in [-0.1, -0.05) is 12.1 Å². The number of para-hydroxylation sites is 1. The Morgan fingerprint density at radius 3 is 2.34 bits per heavy atom. The fourth-order valence-corrected chi connectivity index (χ4v) is 2.84. The number of nitrogens with one attached hydrogen (secondary N) is 1. The number of alkyl halides is 6. The summed E-state index contributed by atoms with van der Waals surface area (Å²) in [6, 6.07) is 5.77. The Balaban J connectivity index is 1.91. The van der Waals surface area contributed by atoms with Gasteiger partial charge in [0, 0.05) is 37.8 Å². The smallest absolute Gasteiger partial charge is 0.374 e. The Morgan fingerprint density at radius 2 is 1.76 bits per heavy atom. The summed E-state index contributed by atoms with van der Waals surface area (Å²) in [5.41, 5.74) is -3.32. The Bertz CT molecular complexity index is 1020. The number of aliphatic hydroxyl groups is 1. The van der Waals surface area contributed by atoms with E-state index in [4.69, 9.17) is 0 Å². The summed E-state index contributed by atoms with van der Waals surface area (Å²) in [5.74, 6) is -2.34. The van der Waals surface area contributed by atoms with Crippen LogP contribution in [-0.2, 0) is 18.8 Å². The summed E-state index contributed by atoms with van der Waals surface area (Å²) in [4.78, 5) is 10.4. The molecule has 0 fully saturated rings. The normalized spacial score (nSPS) is 14.8. The van der Waals surface area contributed by atoms with Crippen LogP contribution in [0, 0.1) is 0 Å². The van der Waals surface area contributed by atoms with Gasteiger partial charge in [0.1, 0.15) is 11.6 Å². The molecule has 3 rings (SSSR count). The van der Waals surface area contributed by atoms with E-state index in [1.54, 1.807) is 0 Å². The minimum Gasteiger partial charge on any atom is -0.374 e. The molecule has 1 aromatic carbocycles. The molecule has 0 aliphatic rings. The van der Waals surface area contributed by atoms with Crippen molar-refractivity contribution < 1.29 is 31.4 Å². The zero-order valence-corrected chi connectivity index (χ0v) is 14.9. The minimum atomic E-state index is -5.06. The number of fused-ring (bicyclic) bond motifs is 1. The van der Waals surface area contributed by atoms with Crippen molar-refractivity contribution in [3.05, 3.63) is 48.3 Å². The second-order valence-electron chi connectivity index (χ2n) is 6.31. The molecular formula is C17H15F6N5O. The van der Waals surface area contributed by atoms with E-state index in [2.05, 4.69) is 20.3 Å². The number of imidazole rings is 1. The molecule has 0 saturated heterocycles. The highest BCUT2D eigenvalue weighted by atomic mass is 19.4. The number of aryl methyl sites for hydroxylation is 1. The quantitative estimate of drug-likeness (QED) is 0.618. The molecule has 0 spiro atoms. The summed E-state index contributed by atoms with van der Waals surface area (Å²) < 4.78 is 80.8. The number of hydrogen-bond acceptors (Lipinski definition) is 5. The van der Waals surface area contributed by atoms with Crippen molar-refractivity contribution in [3.63, 3.8) is 0 Å². The molecule has 0 amide bonds. The van der Waals surface area contributed by atoms with Crippen molar-refractivity contribution in [1.82, 2.24) is 19.5 Å². The number of nitrogens with zero attached hydrogens (tertiary/aromatic N) is 4. The lowest BCUT2D eigenvalue weighted by Gasteiger charge is -2.30. The SMILES string of the molecule is Cn1ccnc1C(O)(CCNc1nc(C(F)(F)F)nc2ccccc12)C(F)(F)F. The molecule has 0 saturated carbocycles. The highest BCUT2D eigenvalue weighted by Crippen LogP contribution is 2.40. The van der Waals surface area contributed by atoms with E-state index in [-0.39, 0.29) is 16.7 Å². The van der Waals surface area contributed by atoms with Crippen LogP contribution in [0.2, 0.25) is 0 Å². The van der Waals surface area contributed by atoms with E-state index in [0.29, 0.717) is 0 Å². The maximum absolute atomic E-state index is 13.5. The van der Waals surface area contributed by atoms with Crippen LogP contribution in [-0.4, -0.2) is 37.3 Å². The second kappa shape index (κ2) is 7.17. The molecule has 2 heterocycles. The lowest BCUT2D eigenvalue weighted by molar-refractivity contribution is -0.271. The van der Waals surface area contributed by atoms with Crippen LogP contribution in [0.1, 0.15) is 18.1 Å². The van der Waals surface area contributed by atoms with Crippen molar-refractivity contribution in [1.29, 1.82) is 0 Å². The van der Waals surface area contributed by atoms with Gasteiger partial charge in [0.25, 0.3) is 0 Å². The van der Waals surface area contributed by atoms with Crippen molar-refractivity contribution >= 4 is 16.7 Å². The highest BCUT2D eigenvalue weighted by Gasteiger charge is 2.57. The Hall–Kier alpha value is -2.89. The van der Waals surface area contributed by atoms with Crippen LogP contribution in [0.3, 0.4) is 0 Å². The zero-order chi connectivity index (χ0) is 21.4. The van der Waals surface area contributed by atoms with Gasteiger partial charge in [-0.25, -0.2) is 15.0 Å². The predicted molar refractivity (Wildman–Crippen MR) is 90.8 cm³/mol. The van der Waals surface area contributed by atoms with Crippen LogP contribution in [0.15, 0.2) is 36.7 Å². The van der Waals surface area contributed by atoms with E-state index in [1.807, 2.05) is 0 Å². The predicted octanol–water partition coefficient (Wildman–Crippen LogP) is 3.63. The molecule has 12 heteroatoms. The standard InChI is InChI=1S/C17H15F6N5O/c1-28-9-8-25-14(28)15(29,17(21,22)23)6-7-24-12-10-4-2-3-5-11(10)26-13(27-12)16(18,19)20/h2-5,8-9,29H,6-7H2,1H3,(H,24,26,27). The molecule has 2 aromatic heterocycles. The van der Waals surface area contributed by atoms with Crippen LogP contribution in [0.25, 0.3) is 10.9 Å². The minimum absolute atomic E-state index is 0.0208. The number of rotatable bonds is 5. The lowest BCUT2D eigenvalue weighted by Crippen LogP contribution is -2.45. The van der Waals surface area contributed by atoms with Gasteiger partial charge in [-0.3, -0.25) is 0 Å². The number of hydrogen-bond donors (Lipinski definition) is 2. The van der Waals surface area contributed by atoms with Crippen LogP contribution in [0.5, 0.6) is 0 Å². The fourth-order valence-electron chi connectivity index (χ4n) is 2.84. The van der Waals surface area contributed by atoms with Gasteiger partial charge < -0.3 is 15.0 Å². The van der Waals surface area contributed by atoms with Gasteiger partial charge in [0.15, 0.2) is 0 Å². The number of anilines is 1. The first-order valence-corrected chi connectivity index (χ1v) is 8.28. The van der Waals surface area contributed by atoms with E-state index in [9.17, 15) is 31.4 Å². The van der Waals surface area contributed by atoms with E-state index >= 15 is 0 Å². The van der Waals surface area contributed by atoms with Crippen molar-refractivity contribution in [3.8, 4) is 0 Å². The summed E-state index contributed by atoms with van der Waals surface area (Å²) >= 11 is 0. The molecule has 156 valence electrons. The van der Waals surface area contributed by atoms with Crippen molar-refractivity contribution in [2.45, 2.75) is 24.4 Å². The monoisotopic (exact) mass is 419 g/mol. The van der Waals surface area contributed by atoms with E-state index in [0.717, 1.165) is 10.8 Å². The van der Waals surface area contributed by atoms with Gasteiger partial charge in [-0.05, 0) is 12.1 Å². The third-order valence-electron chi connectivity index (χ3n) is 4.30. The molecule has 3 aromatic rings. The maximum Gasteiger partial charge on any atom is 0.451 e. The molecule has 29 heavy (non-hydrogen) atoms. The maximum atomic E-state index is 13.5. The van der Waals surface area contributed by atoms with Crippen LogP contribution >= 0.6 is 0 Å². The van der Waals surface area contributed by atoms with Gasteiger partial charge in [0.05, 0.1) is 5.52 Å². The first-order chi connectivity index (χ1) is 13.4. The average Bonchev–Trinajstić information content (AvgIpc) is 3.06. The lowest BCUT2D eigenvalue weighted by atomic mass is 9.97. The topological polar surface area (TPSA) is 75.9 Å². The molecule has 1 atom stereocenters. The first kappa shape index (κ1) is 20.8. The molecular weight excluding hydrogens is 404 g/mol. The van der Waals surface area contributed by atoms with Gasteiger partial charge in [-0.15, -0.1) is 0 Å². The Kier molecular flexibility index (Phi) is 5.15. The molecule has 6 nitrogen and oxygen atoms in total. The van der Waals surface area contributed by atoms with Crippen molar-refractivity contribution in [2.75, 3.05) is 11.9 Å². The molecule has 0 radical (unpaired) electrons. The highest BCUT2D eigenvalue weighted by molar-refractivity contribution is 5.89. The van der Waals surface area contributed by atoms with Crippen molar-refractivity contribution in [2.24, 2.45) is 7.05 Å². The molecule has 0 aliphatic heterocycles. The Labute approximate surface area is 160 Å². The Morgan fingerprint density at radius 1 is 1.07 bits per heavy atom. The fraction of sp³-hybridized carbons (Fsp3) is 0.353. The van der Waals surface area contributed by atoms with Crippen LogP contribution < -0.4 is 5.32 Å². The molecule has 0 bridgehead atoms. The second-order valence-corrected chi connectivity index (χ2v) is 6.31. The van der Waals surface area contributed by atoms with Gasteiger partial charge >= 0.3 is 12.4 Å². The van der Waals surface area contributed by atoms with E-state index < -0.39 is 42.6 Å². The first-order valence-electron chi connectivity index (χ1n) is 8.28. The number of halogens is 6. The number of aromatic nitrogens is 4. The van der Waals surface area contributed by atoms with Crippen LogP contribution in [0.4, 0.5) is 32.2 Å².